The predicted octanol–water partition coefficient (Wildman–Crippen LogP) is 4.69. The zero-order chi connectivity index (χ0) is 18.6. The summed E-state index contributed by atoms with van der Waals surface area (Å²) in [5, 5.41) is 2.67. The molecule has 5 heteroatoms. The third kappa shape index (κ3) is 11.3. The minimum absolute atomic E-state index is 0.000205. The fourth-order valence-corrected chi connectivity index (χ4v) is 2.09. The third-order valence-electron chi connectivity index (χ3n) is 3.87. The Morgan fingerprint density at radius 3 is 2.17 bits per heavy atom. The van der Waals surface area contributed by atoms with Crippen LogP contribution in [0.4, 0.5) is 4.79 Å². The second-order valence-corrected chi connectivity index (χ2v) is 7.73. The lowest BCUT2D eigenvalue weighted by Gasteiger charge is -2.24. The molecule has 0 spiro atoms. The molecule has 0 rings (SSSR count). The Morgan fingerprint density at radius 1 is 1.00 bits per heavy atom. The zero-order valence-electron chi connectivity index (χ0n) is 16.4. The van der Waals surface area contributed by atoms with Crippen molar-refractivity contribution in [1.29, 1.82) is 0 Å². The molecule has 1 N–H and O–H groups in total. The molecule has 0 saturated carbocycles. The van der Waals surface area contributed by atoms with E-state index in [2.05, 4.69) is 12.2 Å². The van der Waals surface area contributed by atoms with Crippen LogP contribution in [0.25, 0.3) is 0 Å². The van der Waals surface area contributed by atoms with Crippen molar-refractivity contribution in [2.75, 3.05) is 13.2 Å². The highest BCUT2D eigenvalue weighted by molar-refractivity contribution is 5.81. The molecule has 0 aromatic carbocycles. The Hall–Kier alpha value is -1.26. The summed E-state index contributed by atoms with van der Waals surface area (Å²) in [7, 11) is 0. The number of unbranched alkanes of at least 4 members (excludes halogenated alkanes) is 4. The summed E-state index contributed by atoms with van der Waals surface area (Å²) in [6, 6.07) is -0.655. The molecule has 0 aromatic heterocycles. The number of ether oxygens (including phenoxy) is 2. The number of nitrogens with one attached hydrogen (secondary N) is 1. The molecular weight excluding hydrogens is 306 g/mol. The highest BCUT2D eigenvalue weighted by Gasteiger charge is 2.28. The van der Waals surface area contributed by atoms with Crippen LogP contribution in [-0.4, -0.2) is 31.3 Å². The van der Waals surface area contributed by atoms with Crippen LogP contribution in [0.5, 0.6) is 0 Å². The monoisotopic (exact) mass is 343 g/mol. The van der Waals surface area contributed by atoms with Crippen LogP contribution in [0.1, 0.15) is 80.1 Å². The van der Waals surface area contributed by atoms with E-state index in [1.165, 1.54) is 19.3 Å². The van der Waals surface area contributed by atoms with Gasteiger partial charge in [0.15, 0.2) is 0 Å². The van der Waals surface area contributed by atoms with Crippen molar-refractivity contribution in [2.24, 2.45) is 11.3 Å². The van der Waals surface area contributed by atoms with E-state index in [0.29, 0.717) is 13.2 Å². The van der Waals surface area contributed by atoms with Crippen molar-refractivity contribution in [2.45, 2.75) is 86.1 Å². The van der Waals surface area contributed by atoms with Crippen LogP contribution in [0.3, 0.4) is 0 Å². The first-order chi connectivity index (χ1) is 11.2. The molecule has 2 atom stereocenters. The highest BCUT2D eigenvalue weighted by Crippen LogP contribution is 2.14. The van der Waals surface area contributed by atoms with Crippen molar-refractivity contribution in [3.63, 3.8) is 0 Å². The van der Waals surface area contributed by atoms with E-state index in [1.807, 2.05) is 34.6 Å². The van der Waals surface area contributed by atoms with Crippen LogP contribution >= 0.6 is 0 Å². The molecule has 0 radical (unpaired) electrons. The fraction of sp³-hybridized carbons (Fsp3) is 0.895. The minimum Gasteiger partial charge on any atom is -0.464 e. The normalized spacial score (nSPS) is 13.9. The first-order valence-electron chi connectivity index (χ1n) is 9.31. The Labute approximate surface area is 147 Å². The van der Waals surface area contributed by atoms with Crippen molar-refractivity contribution in [1.82, 2.24) is 5.32 Å². The van der Waals surface area contributed by atoms with Crippen LogP contribution in [-0.2, 0) is 14.3 Å². The Kier molecular flexibility index (Phi) is 11.5. The average molecular weight is 344 g/mol. The van der Waals surface area contributed by atoms with E-state index in [0.717, 1.165) is 19.3 Å². The molecule has 2 unspecified atom stereocenters. The van der Waals surface area contributed by atoms with Gasteiger partial charge in [0, 0.05) is 0 Å². The summed E-state index contributed by atoms with van der Waals surface area (Å²) in [5.41, 5.74) is -0.109. The van der Waals surface area contributed by atoms with Crippen LogP contribution in [0, 0.1) is 11.3 Å². The van der Waals surface area contributed by atoms with Crippen LogP contribution in [0.2, 0.25) is 0 Å². The maximum absolute atomic E-state index is 12.3. The number of hydrogen-bond donors (Lipinski definition) is 1. The molecule has 0 aliphatic rings. The summed E-state index contributed by atoms with van der Waals surface area (Å²) >= 11 is 0. The van der Waals surface area contributed by atoms with Crippen molar-refractivity contribution < 1.29 is 19.1 Å². The predicted molar refractivity (Wildman–Crippen MR) is 96.9 cm³/mol. The molecule has 0 bridgehead atoms. The highest BCUT2D eigenvalue weighted by atomic mass is 16.6. The summed E-state index contributed by atoms with van der Waals surface area (Å²) in [5.74, 6) is -0.368. The largest absolute Gasteiger partial charge is 0.464 e. The van der Waals surface area contributed by atoms with E-state index in [9.17, 15) is 9.59 Å². The molecule has 5 nitrogen and oxygen atoms in total. The summed E-state index contributed by atoms with van der Waals surface area (Å²) in [6.07, 6.45) is 5.72. The molecular formula is C19H37NO4. The standard InChI is InChI=1S/C19H37NO4/c1-7-9-10-11-12-13-23-17(21)16(15(3)8-2)20-18(22)24-14-19(4,5)6/h15-16H,7-14H2,1-6H3,(H,20,22). The number of carbonyl (C=O) groups is 2. The van der Waals surface area contributed by atoms with Gasteiger partial charge in [-0.1, -0.05) is 73.6 Å². The van der Waals surface area contributed by atoms with Gasteiger partial charge in [0.05, 0.1) is 13.2 Å². The van der Waals surface area contributed by atoms with E-state index < -0.39 is 12.1 Å². The van der Waals surface area contributed by atoms with E-state index in [4.69, 9.17) is 9.47 Å². The van der Waals surface area contributed by atoms with Crippen molar-refractivity contribution in [3.05, 3.63) is 0 Å². The van der Waals surface area contributed by atoms with Gasteiger partial charge in [-0.3, -0.25) is 0 Å². The molecule has 0 aliphatic carbocycles. The zero-order valence-corrected chi connectivity index (χ0v) is 16.4. The topological polar surface area (TPSA) is 64.6 Å². The molecule has 0 heterocycles. The third-order valence-corrected chi connectivity index (χ3v) is 3.87. The van der Waals surface area contributed by atoms with Gasteiger partial charge < -0.3 is 14.8 Å². The van der Waals surface area contributed by atoms with Gasteiger partial charge in [0.1, 0.15) is 6.04 Å². The summed E-state index contributed by atoms with van der Waals surface area (Å²) < 4.78 is 10.5. The first kappa shape index (κ1) is 22.7. The Balaban J connectivity index is 4.33. The number of esters is 1. The van der Waals surface area contributed by atoms with Gasteiger partial charge in [-0.15, -0.1) is 0 Å². The van der Waals surface area contributed by atoms with E-state index in [-0.39, 0.29) is 17.3 Å². The van der Waals surface area contributed by atoms with Gasteiger partial charge in [-0.25, -0.2) is 9.59 Å². The van der Waals surface area contributed by atoms with E-state index >= 15 is 0 Å². The van der Waals surface area contributed by atoms with Crippen molar-refractivity contribution >= 4 is 12.1 Å². The maximum atomic E-state index is 12.3. The van der Waals surface area contributed by atoms with Gasteiger partial charge >= 0.3 is 12.1 Å². The molecule has 0 aromatic rings. The summed E-state index contributed by atoms with van der Waals surface area (Å²) in [4.78, 5) is 24.2. The number of rotatable bonds is 11. The molecule has 0 fully saturated rings. The van der Waals surface area contributed by atoms with Gasteiger partial charge in [0.25, 0.3) is 0 Å². The molecule has 0 saturated heterocycles. The van der Waals surface area contributed by atoms with Crippen LogP contribution < -0.4 is 5.32 Å². The number of alkyl carbamates (subject to hydrolysis) is 1. The van der Waals surface area contributed by atoms with Crippen molar-refractivity contribution in [3.8, 4) is 0 Å². The van der Waals surface area contributed by atoms with Gasteiger partial charge in [0.2, 0.25) is 0 Å². The minimum atomic E-state index is -0.655. The second-order valence-electron chi connectivity index (χ2n) is 7.73. The smallest absolute Gasteiger partial charge is 0.407 e. The molecule has 1 amide bonds. The maximum Gasteiger partial charge on any atom is 0.407 e. The second kappa shape index (κ2) is 12.2. The lowest BCUT2D eigenvalue weighted by molar-refractivity contribution is -0.147. The average Bonchev–Trinajstić information content (AvgIpc) is 2.52. The van der Waals surface area contributed by atoms with Gasteiger partial charge in [-0.2, -0.15) is 0 Å². The Bertz CT molecular complexity index is 363. The molecule has 142 valence electrons. The lowest BCUT2D eigenvalue weighted by atomic mass is 9.98. The lowest BCUT2D eigenvalue weighted by Crippen LogP contribution is -2.46. The number of carbonyl (C=O) groups excluding carboxylic acids is 2. The molecule has 0 aliphatic heterocycles. The van der Waals surface area contributed by atoms with Crippen LogP contribution in [0.15, 0.2) is 0 Å². The fourth-order valence-electron chi connectivity index (χ4n) is 2.09. The quantitative estimate of drug-likeness (QED) is 0.437. The number of amides is 1. The van der Waals surface area contributed by atoms with Gasteiger partial charge in [-0.05, 0) is 17.8 Å². The SMILES string of the molecule is CCCCCCCOC(=O)C(NC(=O)OCC(C)(C)C)C(C)CC. The van der Waals surface area contributed by atoms with E-state index in [1.54, 1.807) is 0 Å². The Morgan fingerprint density at radius 2 is 1.62 bits per heavy atom. The number of hydrogen-bond acceptors (Lipinski definition) is 4. The first-order valence-corrected chi connectivity index (χ1v) is 9.31. The summed E-state index contributed by atoms with van der Waals surface area (Å²) in [6.45, 7) is 12.8. The molecule has 24 heavy (non-hydrogen) atoms.